The number of methoxy groups -OCH3 is 1. The molecule has 0 bridgehead atoms. The van der Waals surface area contributed by atoms with Crippen LogP contribution in [0.1, 0.15) is 21.7 Å². The van der Waals surface area contributed by atoms with Crippen molar-refractivity contribution in [2.75, 3.05) is 12.4 Å². The first-order valence-electron chi connectivity index (χ1n) is 5.78. The molecule has 0 aliphatic rings. The van der Waals surface area contributed by atoms with Crippen molar-refractivity contribution in [3.63, 3.8) is 0 Å². The first-order valence-corrected chi connectivity index (χ1v) is 5.78. The number of benzene rings is 1. The van der Waals surface area contributed by atoms with Crippen LogP contribution in [0.5, 0.6) is 5.75 Å². The highest BCUT2D eigenvalue weighted by Crippen LogP contribution is 2.28. The Kier molecular flexibility index (Phi) is 3.91. The number of carbonyl (C=O) groups is 1. The Morgan fingerprint density at radius 1 is 1.50 bits per heavy atom. The van der Waals surface area contributed by atoms with Crippen molar-refractivity contribution in [3.05, 3.63) is 47.4 Å². The molecule has 2 aromatic rings. The van der Waals surface area contributed by atoms with Crippen LogP contribution in [0.4, 0.5) is 5.69 Å². The van der Waals surface area contributed by atoms with E-state index in [0.717, 1.165) is 0 Å². The second kappa shape index (κ2) is 5.80. The zero-order valence-corrected chi connectivity index (χ0v) is 10.7. The molecule has 20 heavy (non-hydrogen) atoms. The van der Waals surface area contributed by atoms with Crippen molar-refractivity contribution >= 4 is 11.7 Å². The average Bonchev–Trinajstić information content (AvgIpc) is 2.93. The van der Waals surface area contributed by atoms with Gasteiger partial charge in [-0.3, -0.25) is 0 Å². The number of hydrogen-bond acceptors (Lipinski definition) is 5. The first-order chi connectivity index (χ1) is 9.67. The zero-order chi connectivity index (χ0) is 14.5. The summed E-state index contributed by atoms with van der Waals surface area (Å²) in [4.78, 5) is 10.9. The highest BCUT2D eigenvalue weighted by molar-refractivity contribution is 5.86. The zero-order valence-electron chi connectivity index (χ0n) is 10.7. The number of rotatable bonds is 5. The Morgan fingerprint density at radius 3 is 2.95 bits per heavy atom. The molecule has 2 N–H and O–H groups in total. The second-order valence-corrected chi connectivity index (χ2v) is 3.93. The molecule has 0 radical (unpaired) electrons. The molecule has 2 rings (SSSR count). The summed E-state index contributed by atoms with van der Waals surface area (Å²) in [6, 6.07) is 8.70. The number of carboxylic acid groups (broad SMARTS) is 1. The van der Waals surface area contributed by atoms with E-state index in [1.54, 1.807) is 24.3 Å². The summed E-state index contributed by atoms with van der Waals surface area (Å²) in [5.74, 6) is -0.734. The van der Waals surface area contributed by atoms with Gasteiger partial charge < -0.3 is 19.6 Å². The summed E-state index contributed by atoms with van der Waals surface area (Å²) >= 11 is 0. The fourth-order valence-corrected chi connectivity index (χ4v) is 1.82. The fraction of sp³-hybridized carbons (Fsp3) is 0.143. The average molecular weight is 272 g/mol. The van der Waals surface area contributed by atoms with Gasteiger partial charge in [0, 0.05) is 12.1 Å². The van der Waals surface area contributed by atoms with Crippen LogP contribution in [0.25, 0.3) is 0 Å². The minimum Gasteiger partial charge on any atom is -0.495 e. The van der Waals surface area contributed by atoms with Gasteiger partial charge in [0.15, 0.2) is 0 Å². The van der Waals surface area contributed by atoms with E-state index in [2.05, 4.69) is 11.4 Å². The van der Waals surface area contributed by atoms with Gasteiger partial charge in [-0.25, -0.2) is 4.79 Å². The van der Waals surface area contributed by atoms with Crippen molar-refractivity contribution in [1.82, 2.24) is 0 Å². The first kappa shape index (κ1) is 13.5. The molecule has 0 fully saturated rings. The number of hydrogen-bond donors (Lipinski definition) is 2. The van der Waals surface area contributed by atoms with Crippen molar-refractivity contribution < 1.29 is 19.1 Å². The molecular formula is C14H12N2O4. The molecule has 102 valence electrons. The number of nitrogens with one attached hydrogen (secondary N) is 1. The molecule has 0 unspecified atom stereocenters. The summed E-state index contributed by atoms with van der Waals surface area (Å²) < 4.78 is 10.1. The van der Waals surface area contributed by atoms with Gasteiger partial charge in [0.1, 0.15) is 11.8 Å². The van der Waals surface area contributed by atoms with Crippen LogP contribution in [0.2, 0.25) is 0 Å². The third-order valence-corrected chi connectivity index (χ3v) is 2.76. The molecule has 0 saturated carbocycles. The molecule has 0 aliphatic heterocycles. The molecule has 0 saturated heterocycles. The van der Waals surface area contributed by atoms with Gasteiger partial charge in [-0.05, 0) is 18.2 Å². The lowest BCUT2D eigenvalue weighted by atomic mass is 10.1. The van der Waals surface area contributed by atoms with E-state index >= 15 is 0 Å². The summed E-state index contributed by atoms with van der Waals surface area (Å²) in [5.41, 5.74) is 1.44. The van der Waals surface area contributed by atoms with Crippen molar-refractivity contribution in [1.29, 1.82) is 5.26 Å². The lowest BCUT2D eigenvalue weighted by Gasteiger charge is -2.12. The number of furan rings is 1. The molecule has 6 nitrogen and oxygen atoms in total. The SMILES string of the molecule is COc1cccc(C#N)c1NCc1ccoc1C(=O)O. The van der Waals surface area contributed by atoms with Crippen molar-refractivity contribution in [3.8, 4) is 11.8 Å². The van der Waals surface area contributed by atoms with Crippen molar-refractivity contribution in [2.45, 2.75) is 6.54 Å². The van der Waals surface area contributed by atoms with E-state index in [-0.39, 0.29) is 12.3 Å². The van der Waals surface area contributed by atoms with E-state index in [1.807, 2.05) is 0 Å². The van der Waals surface area contributed by atoms with E-state index < -0.39 is 5.97 Å². The number of para-hydroxylation sites is 1. The molecule has 0 spiro atoms. The molecule has 0 aliphatic carbocycles. The molecule has 6 heteroatoms. The summed E-state index contributed by atoms with van der Waals surface area (Å²) in [6.45, 7) is 0.215. The summed E-state index contributed by atoms with van der Waals surface area (Å²) in [6.07, 6.45) is 1.31. The minimum absolute atomic E-state index is 0.120. The number of anilines is 1. The normalized spacial score (nSPS) is 9.80. The second-order valence-electron chi connectivity index (χ2n) is 3.93. The molecule has 0 amide bonds. The quantitative estimate of drug-likeness (QED) is 0.868. The minimum atomic E-state index is -1.13. The van der Waals surface area contributed by atoms with Crippen LogP contribution < -0.4 is 10.1 Å². The molecule has 1 aromatic heterocycles. The van der Waals surface area contributed by atoms with E-state index in [0.29, 0.717) is 22.6 Å². The van der Waals surface area contributed by atoms with E-state index in [1.165, 1.54) is 13.4 Å². The molecular weight excluding hydrogens is 260 g/mol. The number of ether oxygens (including phenoxy) is 1. The van der Waals surface area contributed by atoms with Crippen LogP contribution in [0.3, 0.4) is 0 Å². The standard InChI is InChI=1S/C14H12N2O4/c1-19-11-4-2-3-9(7-15)12(11)16-8-10-5-6-20-13(10)14(17)18/h2-6,16H,8H2,1H3,(H,17,18). The lowest BCUT2D eigenvalue weighted by Crippen LogP contribution is -2.06. The van der Waals surface area contributed by atoms with Crippen LogP contribution in [-0.2, 0) is 6.54 Å². The van der Waals surface area contributed by atoms with Gasteiger partial charge in [-0.15, -0.1) is 0 Å². The smallest absolute Gasteiger partial charge is 0.372 e. The number of carboxylic acids is 1. The van der Waals surface area contributed by atoms with Crippen LogP contribution in [-0.4, -0.2) is 18.2 Å². The van der Waals surface area contributed by atoms with Gasteiger partial charge in [0.25, 0.3) is 0 Å². The monoisotopic (exact) mass is 272 g/mol. The maximum absolute atomic E-state index is 10.9. The fourth-order valence-electron chi connectivity index (χ4n) is 1.82. The Hall–Kier alpha value is -2.94. The van der Waals surface area contributed by atoms with Crippen LogP contribution in [0, 0.1) is 11.3 Å². The molecule has 1 heterocycles. The predicted molar refractivity (Wildman–Crippen MR) is 70.7 cm³/mol. The third-order valence-electron chi connectivity index (χ3n) is 2.76. The van der Waals surface area contributed by atoms with E-state index in [9.17, 15) is 4.79 Å². The van der Waals surface area contributed by atoms with Crippen molar-refractivity contribution in [2.24, 2.45) is 0 Å². The highest BCUT2D eigenvalue weighted by Gasteiger charge is 2.15. The lowest BCUT2D eigenvalue weighted by molar-refractivity contribution is 0.0661. The summed E-state index contributed by atoms with van der Waals surface area (Å²) in [7, 11) is 1.50. The predicted octanol–water partition coefficient (Wildman–Crippen LogP) is 2.47. The summed E-state index contributed by atoms with van der Waals surface area (Å²) in [5, 5.41) is 21.0. The highest BCUT2D eigenvalue weighted by atomic mass is 16.5. The Morgan fingerprint density at radius 2 is 2.30 bits per heavy atom. The maximum atomic E-state index is 10.9. The maximum Gasteiger partial charge on any atom is 0.372 e. The van der Waals surface area contributed by atoms with Gasteiger partial charge in [0.2, 0.25) is 5.76 Å². The number of nitriles is 1. The van der Waals surface area contributed by atoms with Crippen LogP contribution >= 0.6 is 0 Å². The van der Waals surface area contributed by atoms with E-state index in [4.69, 9.17) is 19.5 Å². The van der Waals surface area contributed by atoms with Gasteiger partial charge >= 0.3 is 5.97 Å². The molecule has 1 aromatic carbocycles. The van der Waals surface area contributed by atoms with Gasteiger partial charge in [-0.1, -0.05) is 6.07 Å². The molecule has 0 atom stereocenters. The van der Waals surface area contributed by atoms with Gasteiger partial charge in [0.05, 0.1) is 24.6 Å². The Bertz CT molecular complexity index is 670. The number of aromatic carboxylic acids is 1. The van der Waals surface area contributed by atoms with Gasteiger partial charge in [-0.2, -0.15) is 5.26 Å². The third kappa shape index (κ3) is 2.57. The van der Waals surface area contributed by atoms with Crippen LogP contribution in [0.15, 0.2) is 34.9 Å². The Balaban J connectivity index is 2.25. The largest absolute Gasteiger partial charge is 0.495 e. The number of nitrogens with zero attached hydrogens (tertiary/aromatic N) is 1. The Labute approximate surface area is 115 Å². The topological polar surface area (TPSA) is 95.5 Å².